The molecule has 1 heterocycles. The SMILES string of the molecule is CCCOc1cccc(CN2CCC(CNC)CC2)c1.Cl. The maximum atomic E-state index is 5.71. The van der Waals surface area contributed by atoms with E-state index in [0.29, 0.717) is 0 Å². The second-order valence-electron chi connectivity index (χ2n) is 5.77. The topological polar surface area (TPSA) is 24.5 Å². The minimum atomic E-state index is 0. The lowest BCUT2D eigenvalue weighted by atomic mass is 9.96. The summed E-state index contributed by atoms with van der Waals surface area (Å²) in [5.74, 6) is 1.87. The van der Waals surface area contributed by atoms with Gasteiger partial charge < -0.3 is 10.1 Å². The molecule has 0 aliphatic carbocycles. The van der Waals surface area contributed by atoms with Gasteiger partial charge in [-0.05, 0) is 69.6 Å². The van der Waals surface area contributed by atoms with Crippen molar-refractivity contribution in [1.29, 1.82) is 0 Å². The molecular weight excluding hydrogens is 284 g/mol. The van der Waals surface area contributed by atoms with Crippen molar-refractivity contribution in [2.75, 3.05) is 33.3 Å². The van der Waals surface area contributed by atoms with Gasteiger partial charge in [0.15, 0.2) is 0 Å². The molecule has 3 nitrogen and oxygen atoms in total. The molecular formula is C17H29ClN2O. The predicted octanol–water partition coefficient (Wildman–Crippen LogP) is 3.33. The number of nitrogens with zero attached hydrogens (tertiary/aromatic N) is 1. The highest BCUT2D eigenvalue weighted by atomic mass is 35.5. The summed E-state index contributed by atoms with van der Waals surface area (Å²) >= 11 is 0. The molecule has 1 aromatic carbocycles. The maximum Gasteiger partial charge on any atom is 0.119 e. The van der Waals surface area contributed by atoms with E-state index >= 15 is 0 Å². The van der Waals surface area contributed by atoms with Crippen molar-refractivity contribution in [2.24, 2.45) is 5.92 Å². The second-order valence-corrected chi connectivity index (χ2v) is 5.77. The lowest BCUT2D eigenvalue weighted by Crippen LogP contribution is -2.36. The predicted molar refractivity (Wildman–Crippen MR) is 91.4 cm³/mol. The minimum Gasteiger partial charge on any atom is -0.494 e. The molecule has 21 heavy (non-hydrogen) atoms. The first kappa shape index (κ1) is 18.3. The summed E-state index contributed by atoms with van der Waals surface area (Å²) in [5, 5.41) is 3.29. The summed E-state index contributed by atoms with van der Waals surface area (Å²) in [4.78, 5) is 2.56. The highest BCUT2D eigenvalue weighted by Gasteiger charge is 2.18. The van der Waals surface area contributed by atoms with Crippen LogP contribution < -0.4 is 10.1 Å². The molecule has 120 valence electrons. The first-order valence-corrected chi connectivity index (χ1v) is 7.90. The molecule has 4 heteroatoms. The number of nitrogens with one attached hydrogen (secondary N) is 1. The molecule has 0 radical (unpaired) electrons. The normalized spacial score (nSPS) is 16.5. The van der Waals surface area contributed by atoms with E-state index in [1.807, 2.05) is 7.05 Å². The average Bonchev–Trinajstić information content (AvgIpc) is 2.48. The zero-order valence-corrected chi connectivity index (χ0v) is 14.1. The molecule has 1 N–H and O–H groups in total. The number of halogens is 1. The Morgan fingerprint density at radius 2 is 2.05 bits per heavy atom. The summed E-state index contributed by atoms with van der Waals surface area (Å²) in [6, 6.07) is 8.56. The van der Waals surface area contributed by atoms with E-state index in [2.05, 4.69) is 41.4 Å². The third-order valence-corrected chi connectivity index (χ3v) is 3.98. The molecule has 2 rings (SSSR count). The Morgan fingerprint density at radius 3 is 2.71 bits per heavy atom. The molecule has 0 aromatic heterocycles. The van der Waals surface area contributed by atoms with Crippen molar-refractivity contribution in [3.8, 4) is 5.75 Å². The summed E-state index contributed by atoms with van der Waals surface area (Å²) in [7, 11) is 2.05. The monoisotopic (exact) mass is 312 g/mol. The molecule has 0 saturated carbocycles. The molecule has 0 bridgehead atoms. The number of likely N-dealkylation sites (tertiary alicyclic amines) is 1. The largest absolute Gasteiger partial charge is 0.494 e. The third kappa shape index (κ3) is 6.25. The van der Waals surface area contributed by atoms with Crippen LogP contribution in [0.5, 0.6) is 5.75 Å². The van der Waals surface area contributed by atoms with E-state index in [0.717, 1.165) is 37.8 Å². The van der Waals surface area contributed by atoms with Crippen LogP contribution in [0.4, 0.5) is 0 Å². The van der Waals surface area contributed by atoms with E-state index in [1.165, 1.54) is 31.5 Å². The lowest BCUT2D eigenvalue weighted by molar-refractivity contribution is 0.176. The maximum absolute atomic E-state index is 5.71. The van der Waals surface area contributed by atoms with Gasteiger partial charge in [-0.3, -0.25) is 4.90 Å². The summed E-state index contributed by atoms with van der Waals surface area (Å²) < 4.78 is 5.71. The number of benzene rings is 1. The van der Waals surface area contributed by atoms with Crippen LogP contribution in [0.15, 0.2) is 24.3 Å². The van der Waals surface area contributed by atoms with Gasteiger partial charge >= 0.3 is 0 Å². The average molecular weight is 313 g/mol. The number of hydrogen-bond donors (Lipinski definition) is 1. The van der Waals surface area contributed by atoms with E-state index in [-0.39, 0.29) is 12.4 Å². The Bertz CT molecular complexity index is 392. The Kier molecular flexibility index (Phi) is 8.74. The number of piperidine rings is 1. The molecule has 1 fully saturated rings. The fourth-order valence-corrected chi connectivity index (χ4v) is 2.85. The number of ether oxygens (including phenoxy) is 1. The Morgan fingerprint density at radius 1 is 1.29 bits per heavy atom. The quantitative estimate of drug-likeness (QED) is 0.836. The van der Waals surface area contributed by atoms with Gasteiger partial charge in [-0.25, -0.2) is 0 Å². The van der Waals surface area contributed by atoms with Crippen molar-refractivity contribution in [1.82, 2.24) is 10.2 Å². The van der Waals surface area contributed by atoms with Gasteiger partial charge in [-0.2, -0.15) is 0 Å². The van der Waals surface area contributed by atoms with Crippen molar-refractivity contribution in [2.45, 2.75) is 32.7 Å². The number of hydrogen-bond acceptors (Lipinski definition) is 3. The van der Waals surface area contributed by atoms with E-state index in [1.54, 1.807) is 0 Å². The smallest absolute Gasteiger partial charge is 0.119 e. The van der Waals surface area contributed by atoms with Crippen LogP contribution in [-0.4, -0.2) is 38.2 Å². The molecule has 1 aliphatic heterocycles. The van der Waals surface area contributed by atoms with Crippen LogP contribution in [0.2, 0.25) is 0 Å². The van der Waals surface area contributed by atoms with Gasteiger partial charge in [0.1, 0.15) is 5.75 Å². The fraction of sp³-hybridized carbons (Fsp3) is 0.647. The van der Waals surface area contributed by atoms with Crippen LogP contribution >= 0.6 is 12.4 Å². The van der Waals surface area contributed by atoms with Crippen molar-refractivity contribution < 1.29 is 4.74 Å². The lowest BCUT2D eigenvalue weighted by Gasteiger charge is -2.31. The molecule has 0 unspecified atom stereocenters. The zero-order chi connectivity index (χ0) is 14.2. The highest BCUT2D eigenvalue weighted by molar-refractivity contribution is 5.85. The first-order valence-electron chi connectivity index (χ1n) is 7.90. The Labute approximate surface area is 135 Å². The minimum absolute atomic E-state index is 0. The van der Waals surface area contributed by atoms with Crippen LogP contribution in [0, 0.1) is 5.92 Å². The van der Waals surface area contributed by atoms with Crippen LogP contribution in [-0.2, 0) is 6.54 Å². The standard InChI is InChI=1S/C17H28N2O.ClH/c1-3-11-20-17-6-4-5-16(12-17)14-19-9-7-15(8-10-19)13-18-2;/h4-6,12,15,18H,3,7-11,13-14H2,1-2H3;1H. The molecule has 1 aliphatic rings. The number of rotatable bonds is 7. The van der Waals surface area contributed by atoms with E-state index in [9.17, 15) is 0 Å². The van der Waals surface area contributed by atoms with E-state index < -0.39 is 0 Å². The van der Waals surface area contributed by atoms with Crippen LogP contribution in [0.1, 0.15) is 31.7 Å². The summed E-state index contributed by atoms with van der Waals surface area (Å²) in [6.45, 7) is 7.58. The fourth-order valence-electron chi connectivity index (χ4n) is 2.85. The summed E-state index contributed by atoms with van der Waals surface area (Å²) in [5.41, 5.74) is 1.37. The second kappa shape index (κ2) is 10.0. The Hall–Kier alpha value is -0.770. The zero-order valence-electron chi connectivity index (χ0n) is 13.3. The van der Waals surface area contributed by atoms with Crippen molar-refractivity contribution in [3.63, 3.8) is 0 Å². The molecule has 0 amide bonds. The van der Waals surface area contributed by atoms with Crippen LogP contribution in [0.3, 0.4) is 0 Å². The molecule has 1 saturated heterocycles. The van der Waals surface area contributed by atoms with Gasteiger partial charge in [0.25, 0.3) is 0 Å². The third-order valence-electron chi connectivity index (χ3n) is 3.98. The van der Waals surface area contributed by atoms with Gasteiger partial charge in [0.05, 0.1) is 6.61 Å². The van der Waals surface area contributed by atoms with Gasteiger partial charge in [0.2, 0.25) is 0 Å². The first-order chi connectivity index (χ1) is 9.81. The van der Waals surface area contributed by atoms with E-state index in [4.69, 9.17) is 4.74 Å². The van der Waals surface area contributed by atoms with Crippen molar-refractivity contribution >= 4 is 12.4 Å². The molecule has 1 aromatic rings. The Balaban J connectivity index is 0.00000220. The van der Waals surface area contributed by atoms with Gasteiger partial charge in [-0.1, -0.05) is 19.1 Å². The molecule has 0 spiro atoms. The highest BCUT2D eigenvalue weighted by Crippen LogP contribution is 2.20. The van der Waals surface area contributed by atoms with Crippen molar-refractivity contribution in [3.05, 3.63) is 29.8 Å². The van der Waals surface area contributed by atoms with Crippen LogP contribution in [0.25, 0.3) is 0 Å². The molecule has 0 atom stereocenters. The summed E-state index contributed by atoms with van der Waals surface area (Å²) in [6.07, 6.45) is 3.68. The van der Waals surface area contributed by atoms with Gasteiger partial charge in [-0.15, -0.1) is 12.4 Å². The van der Waals surface area contributed by atoms with Gasteiger partial charge in [0, 0.05) is 6.54 Å².